The van der Waals surface area contributed by atoms with Crippen molar-refractivity contribution in [2.24, 2.45) is 0 Å². The Balaban J connectivity index is 1.48. The normalized spacial score (nSPS) is 30.2. The fourth-order valence-corrected chi connectivity index (χ4v) is 4.71. The highest BCUT2D eigenvalue weighted by molar-refractivity contribution is 7.07. The molecule has 3 heterocycles. The maximum atomic E-state index is 6.13. The third-order valence-corrected chi connectivity index (χ3v) is 6.06. The van der Waals surface area contributed by atoms with Crippen LogP contribution in [0.1, 0.15) is 31.4 Å². The molecule has 1 aliphatic heterocycles. The Labute approximate surface area is 146 Å². The lowest BCUT2D eigenvalue weighted by atomic mass is 9.79. The highest BCUT2D eigenvalue weighted by Gasteiger charge is 2.51. The summed E-state index contributed by atoms with van der Waals surface area (Å²) < 4.78 is 12.1. The van der Waals surface area contributed by atoms with Crippen molar-refractivity contribution in [3.05, 3.63) is 41.0 Å². The van der Waals surface area contributed by atoms with Gasteiger partial charge in [0.25, 0.3) is 0 Å². The van der Waals surface area contributed by atoms with E-state index < -0.39 is 0 Å². The van der Waals surface area contributed by atoms with Gasteiger partial charge in [0.2, 0.25) is 5.88 Å². The van der Waals surface area contributed by atoms with Crippen LogP contribution in [-0.2, 0) is 11.3 Å². The Bertz CT molecular complexity index is 652. The first-order valence-corrected chi connectivity index (χ1v) is 9.47. The van der Waals surface area contributed by atoms with Gasteiger partial charge in [-0.1, -0.05) is 6.07 Å². The lowest BCUT2D eigenvalue weighted by molar-refractivity contribution is -0.0844. The zero-order valence-corrected chi connectivity index (χ0v) is 14.7. The van der Waals surface area contributed by atoms with Crippen molar-refractivity contribution < 1.29 is 9.47 Å². The molecule has 24 heavy (non-hydrogen) atoms. The highest BCUT2D eigenvalue weighted by Crippen LogP contribution is 2.43. The SMILES string of the molecule is CO[C@@]12CC[C@@H](Oc3ccccn3)C[C@@H]1N(Cc1cscn1)CC2. The van der Waals surface area contributed by atoms with Crippen LogP contribution in [0.5, 0.6) is 5.88 Å². The summed E-state index contributed by atoms with van der Waals surface area (Å²) in [6.07, 6.45) is 6.11. The summed E-state index contributed by atoms with van der Waals surface area (Å²) in [5.74, 6) is 0.719. The first-order valence-electron chi connectivity index (χ1n) is 8.53. The second-order valence-corrected chi connectivity index (χ2v) is 7.39. The largest absolute Gasteiger partial charge is 0.474 e. The minimum absolute atomic E-state index is 0.0278. The molecule has 6 heteroatoms. The van der Waals surface area contributed by atoms with E-state index in [4.69, 9.17) is 9.47 Å². The van der Waals surface area contributed by atoms with Gasteiger partial charge in [0.15, 0.2) is 0 Å². The maximum Gasteiger partial charge on any atom is 0.213 e. The van der Waals surface area contributed by atoms with Crippen molar-refractivity contribution >= 4 is 11.3 Å². The molecule has 0 unspecified atom stereocenters. The number of ether oxygens (including phenoxy) is 2. The molecule has 1 saturated heterocycles. The standard InChI is InChI=1S/C18H23N3O2S/c1-22-18-6-5-15(23-17-4-2-3-8-19-17)10-16(18)21(9-7-18)11-14-12-24-13-20-14/h2-4,8,12-13,15-16H,5-7,9-11H2,1H3/t15-,16+,18-/m1/s1. The summed E-state index contributed by atoms with van der Waals surface area (Å²) in [7, 11) is 1.86. The number of nitrogens with zero attached hydrogens (tertiary/aromatic N) is 3. The van der Waals surface area contributed by atoms with Gasteiger partial charge in [-0.2, -0.15) is 0 Å². The van der Waals surface area contributed by atoms with Gasteiger partial charge in [-0.15, -0.1) is 11.3 Å². The molecule has 2 aromatic heterocycles. The molecule has 0 amide bonds. The minimum Gasteiger partial charge on any atom is -0.474 e. The number of likely N-dealkylation sites (tertiary alicyclic amines) is 1. The van der Waals surface area contributed by atoms with Crippen molar-refractivity contribution in [3.63, 3.8) is 0 Å². The Morgan fingerprint density at radius 1 is 1.33 bits per heavy atom. The molecule has 0 spiro atoms. The molecule has 5 nitrogen and oxygen atoms in total. The second-order valence-electron chi connectivity index (χ2n) is 6.67. The third kappa shape index (κ3) is 3.06. The van der Waals surface area contributed by atoms with Crippen LogP contribution in [-0.4, -0.2) is 46.3 Å². The maximum absolute atomic E-state index is 6.13. The van der Waals surface area contributed by atoms with E-state index in [0.29, 0.717) is 6.04 Å². The lowest BCUT2D eigenvalue weighted by Crippen LogP contribution is -2.52. The topological polar surface area (TPSA) is 47.5 Å². The number of hydrogen-bond donors (Lipinski definition) is 0. The Hall–Kier alpha value is -1.50. The molecule has 0 N–H and O–H groups in total. The minimum atomic E-state index is -0.0278. The molecule has 2 aromatic rings. The van der Waals surface area contributed by atoms with Crippen molar-refractivity contribution in [1.82, 2.24) is 14.9 Å². The number of hydrogen-bond acceptors (Lipinski definition) is 6. The van der Waals surface area contributed by atoms with E-state index in [9.17, 15) is 0 Å². The predicted molar refractivity (Wildman–Crippen MR) is 93.2 cm³/mol. The summed E-state index contributed by atoms with van der Waals surface area (Å²) in [6.45, 7) is 1.96. The molecule has 1 saturated carbocycles. The van der Waals surface area contributed by atoms with Crippen molar-refractivity contribution in [2.45, 2.75) is 50.0 Å². The van der Waals surface area contributed by atoms with Crippen LogP contribution < -0.4 is 4.74 Å². The van der Waals surface area contributed by atoms with Gasteiger partial charge >= 0.3 is 0 Å². The van der Waals surface area contributed by atoms with E-state index in [1.807, 2.05) is 30.8 Å². The van der Waals surface area contributed by atoms with E-state index >= 15 is 0 Å². The number of pyridine rings is 1. The van der Waals surface area contributed by atoms with Gasteiger partial charge in [-0.25, -0.2) is 9.97 Å². The molecule has 0 radical (unpaired) electrons. The number of rotatable bonds is 5. The number of thiazole rings is 1. The zero-order chi connectivity index (χ0) is 16.4. The Morgan fingerprint density at radius 3 is 3.04 bits per heavy atom. The second kappa shape index (κ2) is 6.78. The number of methoxy groups -OCH3 is 1. The molecule has 2 aliphatic rings. The summed E-state index contributed by atoms with van der Waals surface area (Å²) in [5.41, 5.74) is 3.03. The van der Waals surface area contributed by atoms with E-state index in [0.717, 1.165) is 50.3 Å². The van der Waals surface area contributed by atoms with Crippen LogP contribution in [0.25, 0.3) is 0 Å². The van der Waals surface area contributed by atoms with Crippen molar-refractivity contribution in [3.8, 4) is 5.88 Å². The van der Waals surface area contributed by atoms with Crippen LogP contribution in [0, 0.1) is 0 Å². The molecular formula is C18H23N3O2S. The highest BCUT2D eigenvalue weighted by atomic mass is 32.1. The molecule has 128 valence electrons. The van der Waals surface area contributed by atoms with Crippen LogP contribution in [0.15, 0.2) is 35.3 Å². The van der Waals surface area contributed by atoms with Gasteiger partial charge in [0.05, 0.1) is 16.8 Å². The summed E-state index contributed by atoms with van der Waals surface area (Å²) in [4.78, 5) is 11.3. The lowest BCUT2D eigenvalue weighted by Gasteiger charge is -2.43. The summed E-state index contributed by atoms with van der Waals surface area (Å²) in [6, 6.07) is 6.19. The molecular weight excluding hydrogens is 322 g/mol. The Kier molecular flexibility index (Phi) is 4.52. The molecule has 0 aromatic carbocycles. The van der Waals surface area contributed by atoms with E-state index in [-0.39, 0.29) is 11.7 Å². The molecule has 2 fully saturated rings. The number of fused-ring (bicyclic) bond motifs is 1. The smallest absolute Gasteiger partial charge is 0.213 e. The molecule has 1 aliphatic carbocycles. The van der Waals surface area contributed by atoms with Crippen LogP contribution >= 0.6 is 11.3 Å². The van der Waals surface area contributed by atoms with Crippen molar-refractivity contribution in [2.75, 3.05) is 13.7 Å². The number of aromatic nitrogens is 2. The quantitative estimate of drug-likeness (QED) is 0.833. The van der Waals surface area contributed by atoms with E-state index in [1.54, 1.807) is 17.5 Å². The molecule has 3 atom stereocenters. The average Bonchev–Trinajstić information content (AvgIpc) is 3.25. The fraction of sp³-hybridized carbons (Fsp3) is 0.556. The van der Waals surface area contributed by atoms with Gasteiger partial charge in [-0.05, 0) is 25.3 Å². The van der Waals surface area contributed by atoms with Crippen LogP contribution in [0.4, 0.5) is 0 Å². The predicted octanol–water partition coefficient (Wildman–Crippen LogP) is 3.13. The summed E-state index contributed by atoms with van der Waals surface area (Å²) >= 11 is 1.66. The Morgan fingerprint density at radius 2 is 2.29 bits per heavy atom. The fourth-order valence-electron chi connectivity index (χ4n) is 4.16. The van der Waals surface area contributed by atoms with Gasteiger partial charge in [0.1, 0.15) is 6.10 Å². The average molecular weight is 345 g/mol. The van der Waals surface area contributed by atoms with Gasteiger partial charge in [0, 0.05) is 50.3 Å². The van der Waals surface area contributed by atoms with Gasteiger partial charge < -0.3 is 9.47 Å². The van der Waals surface area contributed by atoms with Crippen LogP contribution in [0.2, 0.25) is 0 Å². The van der Waals surface area contributed by atoms with Crippen LogP contribution in [0.3, 0.4) is 0 Å². The van der Waals surface area contributed by atoms with E-state index in [2.05, 4.69) is 20.2 Å². The molecule has 4 rings (SSSR count). The first-order chi connectivity index (χ1) is 11.8. The summed E-state index contributed by atoms with van der Waals surface area (Å²) in [5, 5.41) is 2.14. The monoisotopic (exact) mass is 345 g/mol. The van der Waals surface area contributed by atoms with Gasteiger partial charge in [-0.3, -0.25) is 4.90 Å². The molecule has 0 bridgehead atoms. The van der Waals surface area contributed by atoms with E-state index in [1.165, 1.54) is 0 Å². The zero-order valence-electron chi connectivity index (χ0n) is 13.9. The first kappa shape index (κ1) is 16.0. The third-order valence-electron chi connectivity index (χ3n) is 5.43. The van der Waals surface area contributed by atoms with Crippen molar-refractivity contribution in [1.29, 1.82) is 0 Å².